The predicted octanol–water partition coefficient (Wildman–Crippen LogP) is -0.201. The Morgan fingerprint density at radius 3 is 1.23 bits per heavy atom. The van der Waals surface area contributed by atoms with E-state index in [4.69, 9.17) is 0 Å². The molecule has 2 heterocycles. The van der Waals surface area contributed by atoms with E-state index in [1.807, 2.05) is 49.1 Å². The van der Waals surface area contributed by atoms with Crippen molar-refractivity contribution in [1.29, 1.82) is 0 Å². The van der Waals surface area contributed by atoms with Gasteiger partial charge in [0.2, 0.25) is 0 Å². The molecule has 142 valence electrons. The molecular weight excluding hydrogens is 380 g/mol. The Morgan fingerprint density at radius 1 is 0.654 bits per heavy atom. The molecule has 0 aliphatic carbocycles. The van der Waals surface area contributed by atoms with E-state index in [9.17, 15) is 25.9 Å². The fourth-order valence-corrected chi connectivity index (χ4v) is 3.41. The highest BCUT2D eigenvalue weighted by molar-refractivity contribution is 7.85. The van der Waals surface area contributed by atoms with Gasteiger partial charge in [0.05, 0.1) is 20.2 Å². The first kappa shape index (κ1) is 20.4. The second-order valence-corrected chi connectivity index (χ2v) is 8.93. The highest BCUT2D eigenvalue weighted by Crippen LogP contribution is 2.15. The normalized spacial score (nSPS) is 12.2. The number of hydrogen-bond donors (Lipinski definition) is 0. The first-order valence-electron chi connectivity index (χ1n) is 7.98. The van der Waals surface area contributed by atoms with Gasteiger partial charge in [-0.3, -0.25) is 0 Å². The van der Waals surface area contributed by atoms with E-state index in [0.29, 0.717) is 13.1 Å². The molecule has 0 aliphatic rings. The van der Waals surface area contributed by atoms with Crippen LogP contribution in [0.4, 0.5) is 0 Å². The van der Waals surface area contributed by atoms with Crippen LogP contribution in [0.1, 0.15) is 12.8 Å². The average Bonchev–Trinajstić information content (AvgIpc) is 2.54. The molecule has 0 N–H and O–H groups in total. The molecule has 0 atom stereocenters. The highest BCUT2D eigenvalue weighted by atomic mass is 32.2. The van der Waals surface area contributed by atoms with E-state index in [-0.39, 0.29) is 24.3 Å². The van der Waals surface area contributed by atoms with Gasteiger partial charge < -0.3 is 9.11 Å². The first-order valence-corrected chi connectivity index (χ1v) is 11.1. The van der Waals surface area contributed by atoms with Crippen molar-refractivity contribution in [3.8, 4) is 11.1 Å². The van der Waals surface area contributed by atoms with E-state index in [2.05, 4.69) is 0 Å². The minimum Gasteiger partial charge on any atom is -0.748 e. The third-order valence-corrected chi connectivity index (χ3v) is 5.31. The summed E-state index contributed by atoms with van der Waals surface area (Å²) in [5, 5.41) is 0. The quantitative estimate of drug-likeness (QED) is 0.424. The molecule has 2 rings (SSSR count). The van der Waals surface area contributed by atoms with Crippen LogP contribution in [-0.2, 0) is 33.3 Å². The average molecular weight is 400 g/mol. The largest absolute Gasteiger partial charge is 0.748 e. The van der Waals surface area contributed by atoms with Crippen molar-refractivity contribution in [2.75, 3.05) is 11.5 Å². The molecule has 2 aromatic heterocycles. The predicted molar refractivity (Wildman–Crippen MR) is 90.6 cm³/mol. The lowest BCUT2D eigenvalue weighted by atomic mass is 10.1. The lowest BCUT2D eigenvalue weighted by Crippen LogP contribution is -2.34. The number of nitrogens with zero attached hydrogens (tertiary/aromatic N) is 2. The number of hydrogen-bond acceptors (Lipinski definition) is 6. The highest BCUT2D eigenvalue weighted by Gasteiger charge is 2.07. The van der Waals surface area contributed by atoms with Gasteiger partial charge in [0.1, 0.15) is 13.1 Å². The topological polar surface area (TPSA) is 122 Å². The molecule has 0 radical (unpaired) electrons. The summed E-state index contributed by atoms with van der Waals surface area (Å²) in [4.78, 5) is 0. The Hall–Kier alpha value is -1.88. The summed E-state index contributed by atoms with van der Waals surface area (Å²) < 4.78 is 67.2. The second-order valence-electron chi connectivity index (χ2n) is 5.88. The fraction of sp³-hybridized carbons (Fsp3) is 0.375. The lowest BCUT2D eigenvalue weighted by Gasteiger charge is -2.05. The molecule has 0 unspecified atom stereocenters. The van der Waals surface area contributed by atoms with Gasteiger partial charge >= 0.3 is 0 Å². The molecular formula is C16H20N2O6S2. The smallest absolute Gasteiger partial charge is 0.169 e. The molecule has 0 amide bonds. The van der Waals surface area contributed by atoms with Crippen LogP contribution in [0.15, 0.2) is 49.1 Å². The van der Waals surface area contributed by atoms with Crippen molar-refractivity contribution in [2.45, 2.75) is 25.9 Å². The summed E-state index contributed by atoms with van der Waals surface area (Å²) in [6, 6.07) is 7.54. The maximum absolute atomic E-state index is 10.6. The Morgan fingerprint density at radius 2 is 0.962 bits per heavy atom. The van der Waals surface area contributed by atoms with Crippen LogP contribution in [0.3, 0.4) is 0 Å². The summed E-state index contributed by atoms with van der Waals surface area (Å²) >= 11 is 0. The van der Waals surface area contributed by atoms with Gasteiger partial charge in [-0.05, 0) is 11.1 Å². The Labute approximate surface area is 153 Å². The zero-order chi connectivity index (χ0) is 19.2. The summed E-state index contributed by atoms with van der Waals surface area (Å²) in [6.07, 6.45) is 7.78. The minimum atomic E-state index is -4.18. The SMILES string of the molecule is O=S(=O)([O-])CCC[n+]1ccc(-c2cc[n+](CCCS(=O)(=O)[O-])cc2)cc1. The van der Waals surface area contributed by atoms with Crippen LogP contribution in [0.2, 0.25) is 0 Å². The third-order valence-electron chi connectivity index (χ3n) is 3.74. The Kier molecular flexibility index (Phi) is 6.81. The molecule has 26 heavy (non-hydrogen) atoms. The lowest BCUT2D eigenvalue weighted by molar-refractivity contribution is -0.697. The van der Waals surface area contributed by atoms with Crippen molar-refractivity contribution in [2.24, 2.45) is 0 Å². The third kappa shape index (κ3) is 7.56. The zero-order valence-electron chi connectivity index (χ0n) is 14.0. The van der Waals surface area contributed by atoms with E-state index in [1.165, 1.54) is 0 Å². The molecule has 2 aromatic rings. The summed E-state index contributed by atoms with van der Waals surface area (Å²) in [6.45, 7) is 0.887. The standard InChI is InChI=1S/C16H20N2O6S2/c19-25(20,21)13-1-7-17-9-3-15(4-10-17)16-5-11-18(12-6-16)8-2-14-26(22,23)24/h3-6,9-12H,1-2,7-8,13-14H2. The van der Waals surface area contributed by atoms with Crippen molar-refractivity contribution in [3.63, 3.8) is 0 Å². The summed E-state index contributed by atoms with van der Waals surface area (Å²) in [7, 11) is -8.36. The molecule has 0 spiro atoms. The van der Waals surface area contributed by atoms with Crippen LogP contribution >= 0.6 is 0 Å². The van der Waals surface area contributed by atoms with Gasteiger partial charge in [0, 0.05) is 48.6 Å². The van der Waals surface area contributed by atoms with Gasteiger partial charge in [-0.2, -0.15) is 0 Å². The van der Waals surface area contributed by atoms with Crippen molar-refractivity contribution in [3.05, 3.63) is 49.1 Å². The Bertz CT molecular complexity index is 844. The molecule has 8 nitrogen and oxygen atoms in total. The van der Waals surface area contributed by atoms with Crippen LogP contribution in [-0.4, -0.2) is 37.4 Å². The Balaban J connectivity index is 1.92. The van der Waals surface area contributed by atoms with E-state index in [1.54, 1.807) is 9.13 Å². The van der Waals surface area contributed by atoms with E-state index in [0.717, 1.165) is 11.1 Å². The van der Waals surface area contributed by atoms with Gasteiger partial charge in [-0.25, -0.2) is 26.0 Å². The van der Waals surface area contributed by atoms with Crippen molar-refractivity contribution >= 4 is 20.2 Å². The molecule has 0 fully saturated rings. The first-order chi connectivity index (χ1) is 12.1. The monoisotopic (exact) mass is 400 g/mol. The van der Waals surface area contributed by atoms with Crippen molar-refractivity contribution < 1.29 is 35.1 Å². The van der Waals surface area contributed by atoms with Gasteiger partial charge in [-0.1, -0.05) is 0 Å². The van der Waals surface area contributed by atoms with Crippen LogP contribution in [0.5, 0.6) is 0 Å². The van der Waals surface area contributed by atoms with Crippen LogP contribution in [0.25, 0.3) is 11.1 Å². The van der Waals surface area contributed by atoms with E-state index >= 15 is 0 Å². The molecule has 0 aliphatic heterocycles. The van der Waals surface area contributed by atoms with Crippen molar-refractivity contribution in [1.82, 2.24) is 0 Å². The molecule has 0 aromatic carbocycles. The molecule has 10 heteroatoms. The zero-order valence-corrected chi connectivity index (χ0v) is 15.7. The number of rotatable bonds is 9. The summed E-state index contributed by atoms with van der Waals surface area (Å²) in [5.41, 5.74) is 1.93. The minimum absolute atomic E-state index is 0.264. The number of aromatic nitrogens is 2. The second kappa shape index (κ2) is 8.67. The number of pyridine rings is 2. The van der Waals surface area contributed by atoms with Gasteiger partial charge in [0.25, 0.3) is 0 Å². The molecule has 0 saturated carbocycles. The van der Waals surface area contributed by atoms with Gasteiger partial charge in [-0.15, -0.1) is 0 Å². The summed E-state index contributed by atoms with van der Waals surface area (Å²) in [5.74, 6) is -0.762. The molecule has 0 bridgehead atoms. The van der Waals surface area contributed by atoms with Gasteiger partial charge in [0.15, 0.2) is 24.8 Å². The number of aryl methyl sites for hydroxylation is 2. The maximum atomic E-state index is 10.6. The van der Waals surface area contributed by atoms with Crippen LogP contribution < -0.4 is 9.13 Å². The maximum Gasteiger partial charge on any atom is 0.169 e. The van der Waals surface area contributed by atoms with E-state index < -0.39 is 20.2 Å². The molecule has 0 saturated heterocycles. The van der Waals surface area contributed by atoms with Crippen LogP contribution in [0, 0.1) is 0 Å². The fourth-order valence-electron chi connectivity index (χ4n) is 2.45.